The molecule has 0 atom stereocenters. The summed E-state index contributed by atoms with van der Waals surface area (Å²) < 4.78 is 10.5. The molecule has 0 saturated carbocycles. The molecule has 118 valence electrons. The van der Waals surface area contributed by atoms with Gasteiger partial charge in [-0.1, -0.05) is 30.3 Å². The Bertz CT molecular complexity index is 678. The van der Waals surface area contributed by atoms with E-state index in [9.17, 15) is 4.79 Å². The van der Waals surface area contributed by atoms with Gasteiger partial charge in [-0.05, 0) is 37.3 Å². The van der Waals surface area contributed by atoms with Crippen molar-refractivity contribution >= 4 is 17.9 Å². The van der Waals surface area contributed by atoms with Crippen LogP contribution < -0.4 is 4.74 Å². The topological polar surface area (TPSA) is 47.9 Å². The van der Waals surface area contributed by atoms with E-state index in [-0.39, 0.29) is 12.6 Å². The minimum absolute atomic E-state index is 0.287. The molecule has 0 aliphatic rings. The Balaban J connectivity index is 1.98. The fraction of sp³-hybridized carbons (Fsp3) is 0.158. The van der Waals surface area contributed by atoms with Crippen LogP contribution in [-0.2, 0) is 9.53 Å². The fourth-order valence-electron chi connectivity index (χ4n) is 1.85. The molecular formula is C19H19NO3. The van der Waals surface area contributed by atoms with E-state index in [4.69, 9.17) is 9.47 Å². The molecule has 0 aromatic heterocycles. The molecule has 0 fully saturated rings. The number of rotatable bonds is 7. The number of carbonyl (C=O) groups is 1. The third-order valence-corrected chi connectivity index (χ3v) is 2.90. The van der Waals surface area contributed by atoms with Gasteiger partial charge in [-0.3, -0.25) is 4.99 Å². The zero-order valence-electron chi connectivity index (χ0n) is 13.0. The summed E-state index contributed by atoms with van der Waals surface area (Å²) >= 11 is 0. The molecule has 0 amide bonds. The van der Waals surface area contributed by atoms with Crippen molar-refractivity contribution in [1.29, 1.82) is 0 Å². The number of hydrogen-bond donors (Lipinski definition) is 0. The SMILES string of the molecule is CCOC(=O)/C=C/COc1ccccc1C=Nc1ccccc1. The van der Waals surface area contributed by atoms with Crippen molar-refractivity contribution in [2.24, 2.45) is 4.99 Å². The summed E-state index contributed by atoms with van der Waals surface area (Å²) in [5, 5.41) is 0. The Morgan fingerprint density at radius 3 is 2.61 bits per heavy atom. The predicted molar refractivity (Wildman–Crippen MR) is 91.4 cm³/mol. The molecule has 23 heavy (non-hydrogen) atoms. The van der Waals surface area contributed by atoms with E-state index in [0.29, 0.717) is 12.4 Å². The maximum atomic E-state index is 11.2. The number of carbonyl (C=O) groups excluding carboxylic acids is 1. The molecule has 4 nitrogen and oxygen atoms in total. The largest absolute Gasteiger partial charge is 0.489 e. The lowest BCUT2D eigenvalue weighted by Crippen LogP contribution is -2.01. The first-order valence-electron chi connectivity index (χ1n) is 7.44. The van der Waals surface area contributed by atoms with Crippen LogP contribution in [0.3, 0.4) is 0 Å². The zero-order valence-corrected chi connectivity index (χ0v) is 13.0. The quantitative estimate of drug-likeness (QED) is 0.442. The van der Waals surface area contributed by atoms with Gasteiger partial charge in [0.05, 0.1) is 12.3 Å². The molecule has 0 N–H and O–H groups in total. The van der Waals surface area contributed by atoms with Gasteiger partial charge >= 0.3 is 5.97 Å². The van der Waals surface area contributed by atoms with Gasteiger partial charge in [0.2, 0.25) is 0 Å². The van der Waals surface area contributed by atoms with Crippen molar-refractivity contribution in [2.45, 2.75) is 6.92 Å². The maximum Gasteiger partial charge on any atom is 0.330 e. The Morgan fingerprint density at radius 2 is 1.83 bits per heavy atom. The lowest BCUT2D eigenvalue weighted by molar-refractivity contribution is -0.137. The standard InChI is InChI=1S/C19H19NO3/c1-2-22-19(21)13-8-14-23-18-12-7-6-9-16(18)15-20-17-10-4-3-5-11-17/h3-13,15H,2,14H2,1H3/b13-8+,20-15?. The Morgan fingerprint density at radius 1 is 1.09 bits per heavy atom. The van der Waals surface area contributed by atoms with Gasteiger partial charge in [-0.2, -0.15) is 0 Å². The first-order chi connectivity index (χ1) is 11.3. The summed E-state index contributed by atoms with van der Waals surface area (Å²) in [4.78, 5) is 15.6. The van der Waals surface area contributed by atoms with E-state index < -0.39 is 0 Å². The number of nitrogens with zero attached hydrogens (tertiary/aromatic N) is 1. The molecule has 0 unspecified atom stereocenters. The molecule has 0 spiro atoms. The summed E-state index contributed by atoms with van der Waals surface area (Å²) in [6.45, 7) is 2.42. The van der Waals surface area contributed by atoms with E-state index in [2.05, 4.69) is 4.99 Å². The minimum Gasteiger partial charge on any atom is -0.489 e. The van der Waals surface area contributed by atoms with Gasteiger partial charge < -0.3 is 9.47 Å². The first kappa shape index (κ1) is 16.5. The minimum atomic E-state index is -0.366. The van der Waals surface area contributed by atoms with Crippen LogP contribution in [0.25, 0.3) is 0 Å². The zero-order chi connectivity index (χ0) is 16.3. The predicted octanol–water partition coefficient (Wildman–Crippen LogP) is 3.94. The number of benzene rings is 2. The van der Waals surface area contributed by atoms with Crippen LogP contribution in [0.4, 0.5) is 5.69 Å². The van der Waals surface area contributed by atoms with E-state index in [1.165, 1.54) is 6.08 Å². The van der Waals surface area contributed by atoms with Crippen LogP contribution in [0.1, 0.15) is 12.5 Å². The molecule has 0 saturated heterocycles. The van der Waals surface area contributed by atoms with Crippen molar-refractivity contribution < 1.29 is 14.3 Å². The van der Waals surface area contributed by atoms with Crippen molar-refractivity contribution in [2.75, 3.05) is 13.2 Å². The van der Waals surface area contributed by atoms with Gasteiger partial charge in [0.1, 0.15) is 12.4 Å². The third kappa shape index (κ3) is 5.79. The molecule has 0 heterocycles. The molecule has 0 aliphatic heterocycles. The molecular weight excluding hydrogens is 290 g/mol. The smallest absolute Gasteiger partial charge is 0.330 e. The second kappa shape index (κ2) is 9.20. The van der Waals surface area contributed by atoms with Crippen LogP contribution in [0.15, 0.2) is 71.7 Å². The molecule has 2 rings (SSSR count). The molecule has 4 heteroatoms. The summed E-state index contributed by atoms with van der Waals surface area (Å²) in [7, 11) is 0. The molecule has 0 aliphatic carbocycles. The highest BCUT2D eigenvalue weighted by molar-refractivity contribution is 5.85. The Labute approximate surface area is 136 Å². The second-order valence-electron chi connectivity index (χ2n) is 4.60. The fourth-order valence-corrected chi connectivity index (χ4v) is 1.85. The highest BCUT2D eigenvalue weighted by Gasteiger charge is 2.00. The second-order valence-corrected chi connectivity index (χ2v) is 4.60. The summed E-state index contributed by atoms with van der Waals surface area (Å²) in [5.41, 5.74) is 1.75. The number of para-hydroxylation sites is 2. The third-order valence-electron chi connectivity index (χ3n) is 2.90. The van der Waals surface area contributed by atoms with Crippen molar-refractivity contribution in [3.05, 3.63) is 72.3 Å². The van der Waals surface area contributed by atoms with Gasteiger partial charge in [-0.15, -0.1) is 0 Å². The monoisotopic (exact) mass is 309 g/mol. The molecule has 0 radical (unpaired) electrons. The maximum absolute atomic E-state index is 11.2. The number of esters is 1. The number of ether oxygens (including phenoxy) is 2. The molecule has 2 aromatic carbocycles. The molecule has 2 aromatic rings. The Kier molecular flexibility index (Phi) is 6.60. The summed E-state index contributed by atoms with van der Waals surface area (Å²) in [6, 6.07) is 17.3. The van der Waals surface area contributed by atoms with Crippen LogP contribution in [-0.4, -0.2) is 25.4 Å². The highest BCUT2D eigenvalue weighted by atomic mass is 16.5. The van der Waals surface area contributed by atoms with Crippen LogP contribution >= 0.6 is 0 Å². The van der Waals surface area contributed by atoms with E-state index >= 15 is 0 Å². The van der Waals surface area contributed by atoms with Crippen molar-refractivity contribution in [3.63, 3.8) is 0 Å². The van der Waals surface area contributed by atoms with Crippen molar-refractivity contribution in [1.82, 2.24) is 0 Å². The van der Waals surface area contributed by atoms with Gasteiger partial charge in [0.25, 0.3) is 0 Å². The number of aliphatic imine (C=N–C) groups is 1. The van der Waals surface area contributed by atoms with Crippen LogP contribution in [0.2, 0.25) is 0 Å². The average Bonchev–Trinajstić information content (AvgIpc) is 2.59. The van der Waals surface area contributed by atoms with Gasteiger partial charge in [-0.25, -0.2) is 4.79 Å². The number of hydrogen-bond acceptors (Lipinski definition) is 4. The lowest BCUT2D eigenvalue weighted by atomic mass is 10.2. The van der Waals surface area contributed by atoms with E-state index in [1.54, 1.807) is 19.2 Å². The van der Waals surface area contributed by atoms with Gasteiger partial charge in [0.15, 0.2) is 0 Å². The lowest BCUT2D eigenvalue weighted by Gasteiger charge is -2.06. The van der Waals surface area contributed by atoms with E-state index in [1.807, 2.05) is 54.6 Å². The summed E-state index contributed by atoms with van der Waals surface area (Å²) in [5.74, 6) is 0.343. The first-order valence-corrected chi connectivity index (χ1v) is 7.44. The van der Waals surface area contributed by atoms with Crippen molar-refractivity contribution in [3.8, 4) is 5.75 Å². The highest BCUT2D eigenvalue weighted by Crippen LogP contribution is 2.17. The van der Waals surface area contributed by atoms with E-state index in [0.717, 1.165) is 11.3 Å². The van der Waals surface area contributed by atoms with Gasteiger partial charge in [0, 0.05) is 17.9 Å². The van der Waals surface area contributed by atoms with Crippen LogP contribution in [0, 0.1) is 0 Å². The molecule has 0 bridgehead atoms. The normalized spacial score (nSPS) is 11.0. The Hall–Kier alpha value is -2.88. The summed E-state index contributed by atoms with van der Waals surface area (Å²) in [6.07, 6.45) is 4.76. The average molecular weight is 309 g/mol. The van der Waals surface area contributed by atoms with Crippen LogP contribution in [0.5, 0.6) is 5.75 Å².